The zero-order valence-electron chi connectivity index (χ0n) is 7.83. The van der Waals surface area contributed by atoms with Gasteiger partial charge in [-0.05, 0) is 24.6 Å². The van der Waals surface area contributed by atoms with Gasteiger partial charge in [-0.25, -0.2) is 4.39 Å². The van der Waals surface area contributed by atoms with E-state index < -0.39 is 17.3 Å². The fraction of sp³-hybridized carbons (Fsp3) is 0.300. The molecule has 1 aromatic carbocycles. The van der Waals surface area contributed by atoms with Crippen LogP contribution in [0.2, 0.25) is 0 Å². The highest BCUT2D eigenvalue weighted by atomic mass is 19.1. The Hall–Kier alpha value is -1.42. The number of halogens is 1. The van der Waals surface area contributed by atoms with Gasteiger partial charge in [0.05, 0.1) is 6.42 Å². The number of carbonyl (C=O) groups is 1. The number of carboxylic acids is 1. The molecule has 0 radical (unpaired) electrons. The van der Waals surface area contributed by atoms with E-state index in [-0.39, 0.29) is 6.42 Å². The van der Waals surface area contributed by atoms with Crippen molar-refractivity contribution < 1.29 is 14.3 Å². The lowest BCUT2D eigenvalue weighted by Gasteiger charge is -2.22. The number of nitrogens with two attached hydrogens (primary N) is 1. The summed E-state index contributed by atoms with van der Waals surface area (Å²) < 4.78 is 12.8. The van der Waals surface area contributed by atoms with Crippen LogP contribution in [0.1, 0.15) is 18.9 Å². The Balaban J connectivity index is 2.97. The first-order valence-corrected chi connectivity index (χ1v) is 4.18. The average molecular weight is 197 g/mol. The summed E-state index contributed by atoms with van der Waals surface area (Å²) in [6, 6.07) is 5.67. The molecule has 0 spiro atoms. The molecule has 0 aliphatic heterocycles. The third-order valence-electron chi connectivity index (χ3n) is 2.00. The minimum absolute atomic E-state index is 0.226. The normalized spacial score (nSPS) is 14.8. The van der Waals surface area contributed by atoms with Crippen LogP contribution in [-0.4, -0.2) is 11.1 Å². The molecular formula is C10H12FNO2. The molecule has 14 heavy (non-hydrogen) atoms. The van der Waals surface area contributed by atoms with Crippen molar-refractivity contribution in [3.05, 3.63) is 35.6 Å². The van der Waals surface area contributed by atoms with Gasteiger partial charge in [0.2, 0.25) is 0 Å². The van der Waals surface area contributed by atoms with Crippen molar-refractivity contribution in [3.8, 4) is 0 Å². The number of benzene rings is 1. The van der Waals surface area contributed by atoms with Crippen molar-refractivity contribution >= 4 is 5.97 Å². The molecule has 1 atom stereocenters. The Labute approximate surface area is 81.4 Å². The second kappa shape index (κ2) is 3.75. The maximum Gasteiger partial charge on any atom is 0.305 e. The van der Waals surface area contributed by atoms with Gasteiger partial charge < -0.3 is 10.8 Å². The van der Waals surface area contributed by atoms with Crippen molar-refractivity contribution in [1.82, 2.24) is 0 Å². The summed E-state index contributed by atoms with van der Waals surface area (Å²) in [5.41, 5.74) is 5.21. The van der Waals surface area contributed by atoms with Crippen molar-refractivity contribution in [1.29, 1.82) is 0 Å². The highest BCUT2D eigenvalue weighted by Crippen LogP contribution is 2.21. The summed E-state index contributed by atoms with van der Waals surface area (Å²) in [5, 5.41) is 8.61. The van der Waals surface area contributed by atoms with E-state index in [1.807, 2.05) is 0 Å². The van der Waals surface area contributed by atoms with Crippen LogP contribution in [0.3, 0.4) is 0 Å². The fourth-order valence-corrected chi connectivity index (χ4v) is 1.26. The first kappa shape index (κ1) is 10.7. The lowest BCUT2D eigenvalue weighted by atomic mass is 9.90. The maximum absolute atomic E-state index is 12.8. The molecule has 0 amide bonds. The highest BCUT2D eigenvalue weighted by molar-refractivity contribution is 5.68. The van der Waals surface area contributed by atoms with E-state index >= 15 is 0 Å². The zero-order valence-corrected chi connectivity index (χ0v) is 7.83. The second-order valence-electron chi connectivity index (χ2n) is 3.50. The Morgan fingerprint density at radius 1 is 1.64 bits per heavy atom. The molecule has 3 N–H and O–H groups in total. The third-order valence-corrected chi connectivity index (χ3v) is 2.00. The van der Waals surface area contributed by atoms with Crippen LogP contribution >= 0.6 is 0 Å². The van der Waals surface area contributed by atoms with Crippen molar-refractivity contribution in [2.24, 2.45) is 5.73 Å². The molecule has 1 rings (SSSR count). The molecule has 76 valence electrons. The van der Waals surface area contributed by atoms with Gasteiger partial charge in [-0.1, -0.05) is 12.1 Å². The molecule has 0 aromatic heterocycles. The van der Waals surface area contributed by atoms with Crippen molar-refractivity contribution in [3.63, 3.8) is 0 Å². The van der Waals surface area contributed by atoms with E-state index in [0.29, 0.717) is 5.56 Å². The summed E-state index contributed by atoms with van der Waals surface area (Å²) in [6.45, 7) is 1.57. The predicted octanol–water partition coefficient (Wildman–Crippen LogP) is 1.47. The molecule has 0 bridgehead atoms. The van der Waals surface area contributed by atoms with E-state index in [4.69, 9.17) is 10.8 Å². The second-order valence-corrected chi connectivity index (χ2v) is 3.50. The minimum Gasteiger partial charge on any atom is -0.481 e. The Morgan fingerprint density at radius 3 is 2.79 bits per heavy atom. The third kappa shape index (κ3) is 2.53. The largest absolute Gasteiger partial charge is 0.481 e. The van der Waals surface area contributed by atoms with Gasteiger partial charge in [0.1, 0.15) is 5.82 Å². The topological polar surface area (TPSA) is 63.3 Å². The first-order valence-electron chi connectivity index (χ1n) is 4.18. The van der Waals surface area contributed by atoms with Gasteiger partial charge in [0.15, 0.2) is 0 Å². The molecule has 0 fully saturated rings. The lowest BCUT2D eigenvalue weighted by molar-refractivity contribution is -0.138. The SMILES string of the molecule is CC(N)(CC(=O)O)c1cccc(F)c1. The number of carboxylic acid groups (broad SMARTS) is 1. The van der Waals surface area contributed by atoms with Gasteiger partial charge in [-0.15, -0.1) is 0 Å². The number of hydrogen-bond donors (Lipinski definition) is 2. The highest BCUT2D eigenvalue weighted by Gasteiger charge is 2.24. The fourth-order valence-electron chi connectivity index (χ4n) is 1.26. The number of hydrogen-bond acceptors (Lipinski definition) is 2. The standard InChI is InChI=1S/C10H12FNO2/c1-10(12,6-9(13)14)7-3-2-4-8(11)5-7/h2-5H,6,12H2,1H3,(H,13,14). The summed E-state index contributed by atoms with van der Waals surface area (Å²) >= 11 is 0. The molecule has 4 heteroatoms. The smallest absolute Gasteiger partial charge is 0.305 e. The van der Waals surface area contributed by atoms with Gasteiger partial charge in [0.25, 0.3) is 0 Å². The Kier molecular flexibility index (Phi) is 2.86. The van der Waals surface area contributed by atoms with Gasteiger partial charge in [-0.3, -0.25) is 4.79 Å². The molecule has 1 aromatic rings. The average Bonchev–Trinajstić information content (AvgIpc) is 2.01. The maximum atomic E-state index is 12.8. The van der Waals surface area contributed by atoms with Crippen LogP contribution in [0.25, 0.3) is 0 Å². The predicted molar refractivity (Wildman–Crippen MR) is 50.2 cm³/mol. The molecule has 0 aliphatic carbocycles. The number of aliphatic carboxylic acids is 1. The lowest BCUT2D eigenvalue weighted by Crippen LogP contribution is -2.35. The van der Waals surface area contributed by atoms with Crippen molar-refractivity contribution in [2.75, 3.05) is 0 Å². The van der Waals surface area contributed by atoms with E-state index in [0.717, 1.165) is 0 Å². The molecule has 0 saturated carbocycles. The van der Waals surface area contributed by atoms with Gasteiger partial charge in [0, 0.05) is 5.54 Å². The first-order chi connectivity index (χ1) is 6.42. The minimum atomic E-state index is -1.03. The molecule has 3 nitrogen and oxygen atoms in total. The molecular weight excluding hydrogens is 185 g/mol. The summed E-state index contributed by atoms with van der Waals surface area (Å²) in [6.07, 6.45) is -0.226. The monoisotopic (exact) mass is 197 g/mol. The van der Waals surface area contributed by atoms with Crippen LogP contribution < -0.4 is 5.73 Å². The van der Waals surface area contributed by atoms with Crippen LogP contribution in [0, 0.1) is 5.82 Å². The van der Waals surface area contributed by atoms with Crippen LogP contribution in [-0.2, 0) is 10.3 Å². The van der Waals surface area contributed by atoms with E-state index in [1.54, 1.807) is 13.0 Å². The summed E-state index contributed by atoms with van der Waals surface area (Å²) in [7, 11) is 0. The van der Waals surface area contributed by atoms with Crippen LogP contribution in [0.5, 0.6) is 0 Å². The van der Waals surface area contributed by atoms with Gasteiger partial charge in [-0.2, -0.15) is 0 Å². The molecule has 0 aliphatic rings. The number of rotatable bonds is 3. The quantitative estimate of drug-likeness (QED) is 0.771. The molecule has 0 saturated heterocycles. The van der Waals surface area contributed by atoms with Crippen LogP contribution in [0.15, 0.2) is 24.3 Å². The van der Waals surface area contributed by atoms with Crippen molar-refractivity contribution in [2.45, 2.75) is 18.9 Å². The summed E-state index contributed by atoms with van der Waals surface area (Å²) in [4.78, 5) is 10.5. The van der Waals surface area contributed by atoms with E-state index in [1.165, 1.54) is 18.2 Å². The van der Waals surface area contributed by atoms with E-state index in [2.05, 4.69) is 0 Å². The Bertz CT molecular complexity index is 350. The zero-order chi connectivity index (χ0) is 10.8. The van der Waals surface area contributed by atoms with Gasteiger partial charge >= 0.3 is 5.97 Å². The summed E-state index contributed by atoms with van der Waals surface area (Å²) in [5.74, 6) is -1.41. The van der Waals surface area contributed by atoms with Crippen LogP contribution in [0.4, 0.5) is 4.39 Å². The Morgan fingerprint density at radius 2 is 2.29 bits per heavy atom. The molecule has 0 heterocycles. The van der Waals surface area contributed by atoms with E-state index in [9.17, 15) is 9.18 Å². The molecule has 1 unspecified atom stereocenters.